The van der Waals surface area contributed by atoms with Crippen molar-refractivity contribution in [3.63, 3.8) is 0 Å². The third-order valence-corrected chi connectivity index (χ3v) is 5.25. The van der Waals surface area contributed by atoms with Crippen LogP contribution in [0, 0.1) is 11.8 Å². The number of benzene rings is 1. The molecule has 2 N–H and O–H groups in total. The van der Waals surface area contributed by atoms with E-state index in [1.54, 1.807) is 0 Å². The SMILES string of the molecule is O=C(NCCC1CCN(C(=O)Nc2ccccc2)CC1)C1CCC1. The van der Waals surface area contributed by atoms with Gasteiger partial charge in [-0.05, 0) is 50.2 Å². The van der Waals surface area contributed by atoms with Crippen LogP contribution in [0.2, 0.25) is 0 Å². The van der Waals surface area contributed by atoms with Gasteiger partial charge in [0.25, 0.3) is 0 Å². The van der Waals surface area contributed by atoms with Crippen molar-refractivity contribution in [3.8, 4) is 0 Å². The monoisotopic (exact) mass is 329 g/mol. The summed E-state index contributed by atoms with van der Waals surface area (Å²) in [6.07, 6.45) is 6.36. The lowest BCUT2D eigenvalue weighted by molar-refractivity contribution is -0.127. The Kier molecular flexibility index (Phi) is 5.72. The number of rotatable bonds is 5. The molecule has 1 aliphatic heterocycles. The van der Waals surface area contributed by atoms with Crippen molar-refractivity contribution in [1.82, 2.24) is 10.2 Å². The first-order valence-electron chi connectivity index (χ1n) is 9.11. The zero-order chi connectivity index (χ0) is 16.8. The summed E-state index contributed by atoms with van der Waals surface area (Å²) in [5.74, 6) is 1.11. The largest absolute Gasteiger partial charge is 0.356 e. The molecule has 0 atom stereocenters. The number of amides is 3. The second-order valence-electron chi connectivity index (χ2n) is 6.93. The van der Waals surface area contributed by atoms with Crippen molar-refractivity contribution in [2.24, 2.45) is 11.8 Å². The minimum atomic E-state index is -0.0158. The van der Waals surface area contributed by atoms with Crippen molar-refractivity contribution in [3.05, 3.63) is 30.3 Å². The number of likely N-dealkylation sites (tertiary alicyclic amines) is 1. The highest BCUT2D eigenvalue weighted by molar-refractivity contribution is 5.89. The molecule has 0 aromatic heterocycles. The molecule has 3 amide bonds. The van der Waals surface area contributed by atoms with E-state index in [0.29, 0.717) is 5.92 Å². The van der Waals surface area contributed by atoms with Crippen molar-refractivity contribution in [2.75, 3.05) is 25.0 Å². The first-order valence-corrected chi connectivity index (χ1v) is 9.11. The normalized spacial score (nSPS) is 18.8. The van der Waals surface area contributed by atoms with Crippen LogP contribution in [0.25, 0.3) is 0 Å². The summed E-state index contributed by atoms with van der Waals surface area (Å²) in [5.41, 5.74) is 0.836. The predicted octanol–water partition coefficient (Wildman–Crippen LogP) is 3.24. The highest BCUT2D eigenvalue weighted by atomic mass is 16.2. The second kappa shape index (κ2) is 8.18. The van der Waals surface area contributed by atoms with Gasteiger partial charge in [-0.3, -0.25) is 4.79 Å². The van der Waals surface area contributed by atoms with Gasteiger partial charge in [-0.15, -0.1) is 0 Å². The maximum absolute atomic E-state index is 12.2. The van der Waals surface area contributed by atoms with Crippen molar-refractivity contribution in [2.45, 2.75) is 38.5 Å². The molecule has 1 saturated heterocycles. The summed E-state index contributed by atoms with van der Waals surface area (Å²) in [6.45, 7) is 2.36. The molecule has 2 aliphatic rings. The number of anilines is 1. The molecule has 5 nitrogen and oxygen atoms in total. The molecule has 0 spiro atoms. The highest BCUT2D eigenvalue weighted by Gasteiger charge is 2.26. The van der Waals surface area contributed by atoms with Gasteiger partial charge in [-0.2, -0.15) is 0 Å². The smallest absolute Gasteiger partial charge is 0.321 e. The molecule has 5 heteroatoms. The van der Waals surface area contributed by atoms with E-state index in [0.717, 1.165) is 57.4 Å². The number of carbonyl (C=O) groups is 2. The van der Waals surface area contributed by atoms with Crippen molar-refractivity contribution in [1.29, 1.82) is 0 Å². The third-order valence-electron chi connectivity index (χ3n) is 5.25. The van der Waals surface area contributed by atoms with E-state index >= 15 is 0 Å². The van der Waals surface area contributed by atoms with Crippen molar-refractivity contribution < 1.29 is 9.59 Å². The summed E-state index contributed by atoms with van der Waals surface area (Å²) in [7, 11) is 0. The standard InChI is InChI=1S/C19H27N3O2/c23-18(16-5-4-6-16)20-12-9-15-10-13-22(14-11-15)19(24)21-17-7-2-1-3-8-17/h1-3,7-8,15-16H,4-6,9-14H2,(H,20,23)(H,21,24). The first-order chi connectivity index (χ1) is 11.7. The minimum Gasteiger partial charge on any atom is -0.356 e. The Morgan fingerprint density at radius 3 is 2.38 bits per heavy atom. The van der Waals surface area contributed by atoms with E-state index < -0.39 is 0 Å². The molecular formula is C19H27N3O2. The van der Waals surface area contributed by atoms with Gasteiger partial charge in [0, 0.05) is 31.2 Å². The van der Waals surface area contributed by atoms with E-state index in [1.807, 2.05) is 35.2 Å². The molecule has 130 valence electrons. The number of piperidine rings is 1. The summed E-state index contributed by atoms with van der Waals surface area (Å²) >= 11 is 0. The lowest BCUT2D eigenvalue weighted by atomic mass is 9.84. The van der Waals surface area contributed by atoms with Gasteiger partial charge < -0.3 is 15.5 Å². The highest BCUT2D eigenvalue weighted by Crippen LogP contribution is 2.26. The Bertz CT molecular complexity index is 549. The fraction of sp³-hybridized carbons (Fsp3) is 0.579. The summed E-state index contributed by atoms with van der Waals surface area (Å²) in [6, 6.07) is 9.55. The first kappa shape index (κ1) is 16.8. The van der Waals surface area contributed by atoms with E-state index in [2.05, 4.69) is 10.6 Å². The van der Waals surface area contributed by atoms with Crippen LogP contribution in [0.1, 0.15) is 38.5 Å². The Labute approximate surface area is 143 Å². The number of nitrogens with one attached hydrogen (secondary N) is 2. The summed E-state index contributed by atoms with van der Waals surface area (Å²) < 4.78 is 0. The van der Waals surface area contributed by atoms with Gasteiger partial charge in [0.15, 0.2) is 0 Å². The van der Waals surface area contributed by atoms with Crippen LogP contribution in [-0.2, 0) is 4.79 Å². The third kappa shape index (κ3) is 4.49. The molecular weight excluding hydrogens is 302 g/mol. The van der Waals surface area contributed by atoms with Crippen molar-refractivity contribution >= 4 is 17.6 Å². The van der Waals surface area contributed by atoms with E-state index in [4.69, 9.17) is 0 Å². The number of nitrogens with zero attached hydrogens (tertiary/aromatic N) is 1. The van der Waals surface area contributed by atoms with E-state index in [-0.39, 0.29) is 17.9 Å². The fourth-order valence-corrected chi connectivity index (χ4v) is 3.36. The Morgan fingerprint density at radius 1 is 1.04 bits per heavy atom. The quantitative estimate of drug-likeness (QED) is 0.871. The Morgan fingerprint density at radius 2 is 1.75 bits per heavy atom. The van der Waals surface area contributed by atoms with Gasteiger partial charge in [-0.25, -0.2) is 4.79 Å². The molecule has 1 aromatic carbocycles. The van der Waals surface area contributed by atoms with Gasteiger partial charge in [0.1, 0.15) is 0 Å². The molecule has 0 bridgehead atoms. The molecule has 1 aromatic rings. The Balaban J connectivity index is 1.33. The fourth-order valence-electron chi connectivity index (χ4n) is 3.36. The van der Waals surface area contributed by atoms with Crippen LogP contribution in [0.15, 0.2) is 30.3 Å². The predicted molar refractivity (Wildman–Crippen MR) is 94.7 cm³/mol. The zero-order valence-electron chi connectivity index (χ0n) is 14.2. The second-order valence-corrected chi connectivity index (χ2v) is 6.93. The number of para-hydroxylation sites is 1. The number of urea groups is 1. The molecule has 3 rings (SSSR count). The van der Waals surface area contributed by atoms with Crippen LogP contribution in [0.4, 0.5) is 10.5 Å². The van der Waals surface area contributed by atoms with E-state index in [1.165, 1.54) is 6.42 Å². The zero-order valence-corrected chi connectivity index (χ0v) is 14.2. The lowest BCUT2D eigenvalue weighted by Crippen LogP contribution is -2.42. The maximum Gasteiger partial charge on any atom is 0.321 e. The van der Waals surface area contributed by atoms with Crippen LogP contribution in [-0.4, -0.2) is 36.5 Å². The molecule has 0 unspecified atom stereocenters. The average molecular weight is 329 g/mol. The van der Waals surface area contributed by atoms with Crippen LogP contribution in [0.5, 0.6) is 0 Å². The number of hydrogen-bond donors (Lipinski definition) is 2. The Hall–Kier alpha value is -2.04. The van der Waals surface area contributed by atoms with Gasteiger partial charge >= 0.3 is 6.03 Å². The molecule has 1 saturated carbocycles. The molecule has 24 heavy (non-hydrogen) atoms. The number of hydrogen-bond acceptors (Lipinski definition) is 2. The molecule has 1 heterocycles. The topological polar surface area (TPSA) is 61.4 Å². The molecule has 2 fully saturated rings. The molecule has 0 radical (unpaired) electrons. The van der Waals surface area contributed by atoms with Crippen LogP contribution in [0.3, 0.4) is 0 Å². The maximum atomic E-state index is 12.2. The average Bonchev–Trinajstić information content (AvgIpc) is 2.55. The minimum absolute atomic E-state index is 0.0158. The van der Waals surface area contributed by atoms with Crippen LogP contribution < -0.4 is 10.6 Å². The van der Waals surface area contributed by atoms with Gasteiger partial charge in [0.05, 0.1) is 0 Å². The van der Waals surface area contributed by atoms with E-state index in [9.17, 15) is 9.59 Å². The summed E-state index contributed by atoms with van der Waals surface area (Å²) in [4.78, 5) is 25.9. The van der Waals surface area contributed by atoms with Crippen LogP contribution >= 0.6 is 0 Å². The van der Waals surface area contributed by atoms with Gasteiger partial charge in [-0.1, -0.05) is 24.6 Å². The number of carbonyl (C=O) groups excluding carboxylic acids is 2. The summed E-state index contributed by atoms with van der Waals surface area (Å²) in [5, 5.41) is 6.01. The lowest BCUT2D eigenvalue weighted by Gasteiger charge is -2.32. The van der Waals surface area contributed by atoms with Gasteiger partial charge in [0.2, 0.25) is 5.91 Å². The molecule has 1 aliphatic carbocycles.